The number of anilines is 2. The minimum absolute atomic E-state index is 0.00883. The second kappa shape index (κ2) is 12.2. The molecule has 4 aromatic carbocycles. The lowest BCUT2D eigenvalue weighted by Crippen LogP contribution is -2.53. The molecule has 0 amide bonds. The van der Waals surface area contributed by atoms with E-state index >= 15 is 0 Å². The number of hydrogen-bond donors (Lipinski definition) is 2. The number of para-hydroxylation sites is 2. The van der Waals surface area contributed by atoms with Crippen molar-refractivity contribution in [2.24, 2.45) is 0 Å². The van der Waals surface area contributed by atoms with Gasteiger partial charge >= 0.3 is 0 Å². The molecule has 12 nitrogen and oxygen atoms in total. The fourth-order valence-electron chi connectivity index (χ4n) is 7.51. The SMILES string of the molecule is O=c1c2ccccc2n2nnc3ccc(NCCCN4CCN(CCCNc5ccc6nnn7c8ccccc8c(=O)c5c67)[CH]([Al])C4)c1c32. The van der Waals surface area contributed by atoms with E-state index < -0.39 is 0 Å². The van der Waals surface area contributed by atoms with Gasteiger partial charge in [-0.25, -0.2) is 9.03 Å². The first-order valence-corrected chi connectivity index (χ1v) is 17.5. The van der Waals surface area contributed by atoms with E-state index in [1.807, 2.05) is 72.8 Å². The molecule has 4 aromatic heterocycles. The van der Waals surface area contributed by atoms with Crippen LogP contribution in [-0.2, 0) is 0 Å². The Morgan fingerprint density at radius 1 is 0.673 bits per heavy atom. The Hall–Kier alpha value is -4.93. The summed E-state index contributed by atoms with van der Waals surface area (Å²) >= 11 is 3.03. The van der Waals surface area contributed by atoms with Crippen molar-refractivity contribution in [1.29, 1.82) is 0 Å². The number of piperazine rings is 1. The first-order valence-electron chi connectivity index (χ1n) is 16.8. The molecule has 1 saturated heterocycles. The molecule has 1 aliphatic heterocycles. The number of benzene rings is 4. The molecule has 1 fully saturated rings. The van der Waals surface area contributed by atoms with Crippen molar-refractivity contribution >= 4 is 82.3 Å². The third kappa shape index (κ3) is 5.04. The molecule has 0 aliphatic carbocycles. The number of nitrogens with one attached hydrogen (secondary N) is 2. The molecule has 1 unspecified atom stereocenters. The van der Waals surface area contributed by atoms with Crippen molar-refractivity contribution in [3.8, 4) is 0 Å². The first-order chi connectivity index (χ1) is 24.1. The van der Waals surface area contributed by atoms with Crippen LogP contribution in [0.15, 0.2) is 82.4 Å². The maximum absolute atomic E-state index is 13.5. The highest BCUT2D eigenvalue weighted by Crippen LogP contribution is 2.29. The Morgan fingerprint density at radius 2 is 1.20 bits per heavy atom. The highest BCUT2D eigenvalue weighted by Gasteiger charge is 2.23. The van der Waals surface area contributed by atoms with Crippen molar-refractivity contribution in [2.75, 3.05) is 56.4 Å². The molecule has 1 aliphatic rings. The number of rotatable bonds is 10. The van der Waals surface area contributed by atoms with Crippen molar-refractivity contribution in [2.45, 2.75) is 17.7 Å². The van der Waals surface area contributed by atoms with Gasteiger partial charge in [0.2, 0.25) is 0 Å². The maximum Gasteiger partial charge on any atom is 0.199 e. The van der Waals surface area contributed by atoms with Gasteiger partial charge in [-0.3, -0.25) is 9.59 Å². The monoisotopic (exact) mass is 664 g/mol. The largest absolute Gasteiger partial charge is 0.384 e. The van der Waals surface area contributed by atoms with Crippen molar-refractivity contribution < 1.29 is 0 Å². The van der Waals surface area contributed by atoms with E-state index in [-0.39, 0.29) is 10.9 Å². The Balaban J connectivity index is 0.788. The zero-order chi connectivity index (χ0) is 33.1. The summed E-state index contributed by atoms with van der Waals surface area (Å²) < 4.78 is 3.57. The molecule has 49 heavy (non-hydrogen) atoms. The predicted molar refractivity (Wildman–Crippen MR) is 195 cm³/mol. The third-order valence-electron chi connectivity index (χ3n) is 9.95. The van der Waals surface area contributed by atoms with Crippen molar-refractivity contribution in [1.82, 2.24) is 39.5 Å². The Bertz CT molecular complexity index is 2610. The van der Waals surface area contributed by atoms with E-state index in [1.165, 1.54) is 0 Å². The van der Waals surface area contributed by atoms with Gasteiger partial charge < -0.3 is 20.4 Å². The van der Waals surface area contributed by atoms with Crippen molar-refractivity contribution in [3.63, 3.8) is 0 Å². The first kappa shape index (κ1) is 30.2. The standard InChI is InChI=1S/C36H33N10O2.Al/c47-35-23-7-1-3-9-29(23)45-33-27(39-41-45)13-11-25(31(33)35)37-15-5-17-43-19-21-44(22-20-43)18-6-16-38-26-12-14-28-34-32(26)36(48)24-8-2-4-10-30(24)46(34)42-40-28;/h1-4,7-14,19,37-38H,5-6,15-18,20-22H2;. The van der Waals surface area contributed by atoms with Gasteiger partial charge in [0.25, 0.3) is 0 Å². The van der Waals surface area contributed by atoms with Gasteiger partial charge in [0, 0.05) is 48.3 Å². The van der Waals surface area contributed by atoms with Crippen LogP contribution in [-0.4, -0.2) is 106 Å². The molecule has 13 heteroatoms. The molecule has 2 radical (unpaired) electrons. The van der Waals surface area contributed by atoms with E-state index in [1.54, 1.807) is 9.03 Å². The zero-order valence-corrected chi connectivity index (χ0v) is 28.0. The second-order valence-electron chi connectivity index (χ2n) is 12.9. The Morgan fingerprint density at radius 3 is 1.76 bits per heavy atom. The maximum atomic E-state index is 13.5. The fraction of sp³-hybridized carbons (Fsp3) is 0.278. The molecule has 242 valence electrons. The average Bonchev–Trinajstić information content (AvgIpc) is 3.77. The summed E-state index contributed by atoms with van der Waals surface area (Å²) in [4.78, 5) is 32.4. The van der Waals surface area contributed by atoms with Crippen molar-refractivity contribution in [3.05, 3.63) is 93.2 Å². The summed E-state index contributed by atoms with van der Waals surface area (Å²) in [5.74, 6) is 0. The highest BCUT2D eigenvalue weighted by atomic mass is 27.0. The van der Waals surface area contributed by atoms with Crippen LogP contribution in [0.2, 0.25) is 0 Å². The third-order valence-corrected chi connectivity index (χ3v) is 10.6. The summed E-state index contributed by atoms with van der Waals surface area (Å²) in [6.45, 7) is 6.48. The summed E-state index contributed by atoms with van der Waals surface area (Å²) in [5.41, 5.74) is 6.22. The van der Waals surface area contributed by atoms with Gasteiger partial charge in [0.15, 0.2) is 27.1 Å². The molecule has 0 spiro atoms. The van der Waals surface area contributed by atoms with E-state index in [0.717, 1.165) is 103 Å². The minimum Gasteiger partial charge on any atom is -0.384 e. The van der Waals surface area contributed by atoms with Crippen LogP contribution in [0.25, 0.3) is 54.6 Å². The quantitative estimate of drug-likeness (QED) is 0.128. The summed E-state index contributed by atoms with van der Waals surface area (Å²) in [6.07, 6.45) is 1.92. The van der Waals surface area contributed by atoms with Crippen LogP contribution >= 0.6 is 0 Å². The lowest BCUT2D eigenvalue weighted by Gasteiger charge is -2.41. The second-order valence-corrected chi connectivity index (χ2v) is 13.6. The Kier molecular flexibility index (Phi) is 7.50. The summed E-state index contributed by atoms with van der Waals surface area (Å²) in [6, 6.07) is 22.9. The molecule has 1 atom stereocenters. The highest BCUT2D eigenvalue weighted by molar-refractivity contribution is 6.12. The number of pyridine rings is 2. The molecule has 0 bridgehead atoms. The number of hydrogen-bond acceptors (Lipinski definition) is 10. The van der Waals surface area contributed by atoms with Crippen LogP contribution in [0.1, 0.15) is 12.8 Å². The lowest BCUT2D eigenvalue weighted by atomic mass is 10.1. The number of fused-ring (bicyclic) bond motifs is 4. The molecule has 0 saturated carbocycles. The molecule has 9 rings (SSSR count). The van der Waals surface area contributed by atoms with E-state index in [9.17, 15) is 9.59 Å². The summed E-state index contributed by atoms with van der Waals surface area (Å²) in [7, 11) is 0. The van der Waals surface area contributed by atoms with E-state index in [4.69, 9.17) is 0 Å². The summed E-state index contributed by atoms with van der Waals surface area (Å²) in [5, 5.41) is 26.9. The zero-order valence-electron chi connectivity index (χ0n) is 26.8. The number of nitrogens with zero attached hydrogens (tertiary/aromatic N) is 8. The van der Waals surface area contributed by atoms with E-state index in [2.05, 4.69) is 57.3 Å². The van der Waals surface area contributed by atoms with Crippen LogP contribution < -0.4 is 21.5 Å². The molecular formula is C36H33AlN10O2. The predicted octanol–water partition coefficient (Wildman–Crippen LogP) is 3.40. The molecular weight excluding hydrogens is 631 g/mol. The van der Waals surface area contributed by atoms with Gasteiger partial charge in [-0.2, -0.15) is 0 Å². The molecule has 8 aromatic rings. The van der Waals surface area contributed by atoms with Crippen LogP contribution in [0.3, 0.4) is 0 Å². The van der Waals surface area contributed by atoms with E-state index in [0.29, 0.717) is 26.4 Å². The fourth-order valence-corrected chi connectivity index (χ4v) is 8.10. The van der Waals surface area contributed by atoms with Crippen LogP contribution in [0.5, 0.6) is 0 Å². The smallest absolute Gasteiger partial charge is 0.199 e. The normalized spacial score (nSPS) is 16.3. The Labute approximate surface area is 288 Å². The minimum atomic E-state index is 0.00883. The van der Waals surface area contributed by atoms with Gasteiger partial charge in [0.1, 0.15) is 22.1 Å². The molecule has 5 heterocycles. The molecule has 2 N–H and O–H groups in total. The average molecular weight is 665 g/mol. The van der Waals surface area contributed by atoms with Gasteiger partial charge in [-0.15, -0.1) is 10.2 Å². The van der Waals surface area contributed by atoms with Gasteiger partial charge in [0.05, 0.1) is 21.8 Å². The van der Waals surface area contributed by atoms with Crippen LogP contribution in [0.4, 0.5) is 11.4 Å². The van der Waals surface area contributed by atoms with Gasteiger partial charge in [-0.1, -0.05) is 34.7 Å². The number of aromatic nitrogens is 6. The topological polar surface area (TPSA) is 125 Å². The van der Waals surface area contributed by atoms with Gasteiger partial charge in [-0.05, 0) is 85.9 Å². The van der Waals surface area contributed by atoms with Crippen LogP contribution in [0, 0.1) is 0 Å². The lowest BCUT2D eigenvalue weighted by molar-refractivity contribution is 0.112.